The lowest BCUT2D eigenvalue weighted by atomic mass is 9.85. The van der Waals surface area contributed by atoms with Crippen LogP contribution in [0.3, 0.4) is 0 Å². The van der Waals surface area contributed by atoms with E-state index < -0.39 is 35.8 Å². The number of nitrogens with one attached hydrogen (secondary N) is 1. The van der Waals surface area contributed by atoms with E-state index in [0.717, 1.165) is 0 Å². The minimum atomic E-state index is -4.68. The highest BCUT2D eigenvalue weighted by molar-refractivity contribution is 5.98. The van der Waals surface area contributed by atoms with Gasteiger partial charge in [0, 0.05) is 11.7 Å². The number of anilines is 1. The fourth-order valence-electron chi connectivity index (χ4n) is 3.79. The van der Waals surface area contributed by atoms with E-state index in [1.165, 1.54) is 37.4 Å². The minimum Gasteiger partial charge on any atom is -0.465 e. The highest BCUT2D eigenvalue weighted by Gasteiger charge is 2.42. The summed E-state index contributed by atoms with van der Waals surface area (Å²) in [5.41, 5.74) is -0.949. The number of alkyl halides is 6. The maximum Gasteiger partial charge on any atom is 0.418 e. The highest BCUT2D eigenvalue weighted by atomic mass is 19.4. The highest BCUT2D eigenvalue weighted by Crippen LogP contribution is 2.42. The van der Waals surface area contributed by atoms with Gasteiger partial charge in [0.25, 0.3) is 0 Å². The SMILES string of the molecule is COC(=O)c1ccc2c(C(F)(F)F)c(NC3CCC(C(F)(F)F)CC3)ccc2c1. The number of esters is 1. The third-order valence-electron chi connectivity index (χ3n) is 5.27. The number of carbonyl (C=O) groups is 1. The second-order valence-corrected chi connectivity index (χ2v) is 7.15. The molecule has 0 aromatic heterocycles. The molecule has 0 unspecified atom stereocenters. The van der Waals surface area contributed by atoms with Gasteiger partial charge in [-0.15, -0.1) is 0 Å². The summed E-state index contributed by atoms with van der Waals surface area (Å²) in [5, 5.41) is 2.91. The molecule has 1 aliphatic carbocycles. The number of halogens is 6. The Labute approximate surface area is 163 Å². The Bertz CT molecular complexity index is 898. The van der Waals surface area contributed by atoms with Gasteiger partial charge in [-0.3, -0.25) is 0 Å². The van der Waals surface area contributed by atoms with Crippen molar-refractivity contribution in [3.05, 3.63) is 41.5 Å². The molecule has 0 bridgehead atoms. The Balaban J connectivity index is 1.91. The van der Waals surface area contributed by atoms with Gasteiger partial charge < -0.3 is 10.1 Å². The van der Waals surface area contributed by atoms with Gasteiger partial charge in [-0.2, -0.15) is 26.3 Å². The van der Waals surface area contributed by atoms with Crippen molar-refractivity contribution < 1.29 is 35.9 Å². The number of fused-ring (bicyclic) bond motifs is 1. The Morgan fingerprint density at radius 3 is 2.21 bits per heavy atom. The quantitative estimate of drug-likeness (QED) is 0.477. The van der Waals surface area contributed by atoms with Crippen molar-refractivity contribution in [2.45, 2.75) is 44.1 Å². The first-order valence-electron chi connectivity index (χ1n) is 9.06. The lowest BCUT2D eigenvalue weighted by molar-refractivity contribution is -0.182. The zero-order chi connectivity index (χ0) is 21.4. The summed E-state index contributed by atoms with van der Waals surface area (Å²) in [6.45, 7) is 0. The van der Waals surface area contributed by atoms with E-state index in [1.807, 2.05) is 0 Å². The van der Waals surface area contributed by atoms with Crippen LogP contribution in [0.1, 0.15) is 41.6 Å². The van der Waals surface area contributed by atoms with Crippen LogP contribution in [0.5, 0.6) is 0 Å². The summed E-state index contributed by atoms with van der Waals surface area (Å²) in [7, 11) is 1.17. The summed E-state index contributed by atoms with van der Waals surface area (Å²) >= 11 is 0. The van der Waals surface area contributed by atoms with Gasteiger partial charge in [-0.25, -0.2) is 4.79 Å². The molecule has 0 atom stereocenters. The number of hydrogen-bond acceptors (Lipinski definition) is 3. The van der Waals surface area contributed by atoms with E-state index in [2.05, 4.69) is 10.1 Å². The standard InChI is InChI=1S/C20H19F6NO2/c1-29-18(28)12-2-8-15-11(10-12)3-9-16(17(15)20(24,25)26)27-14-6-4-13(5-7-14)19(21,22)23/h2-3,8-10,13-14,27H,4-7H2,1H3. The summed E-state index contributed by atoms with van der Waals surface area (Å²) in [4.78, 5) is 11.6. The zero-order valence-electron chi connectivity index (χ0n) is 15.5. The van der Waals surface area contributed by atoms with Crippen LogP contribution in [-0.4, -0.2) is 25.3 Å². The second-order valence-electron chi connectivity index (χ2n) is 7.15. The Morgan fingerprint density at radius 2 is 1.66 bits per heavy atom. The van der Waals surface area contributed by atoms with Gasteiger partial charge in [0.15, 0.2) is 0 Å². The largest absolute Gasteiger partial charge is 0.465 e. The number of benzene rings is 2. The molecule has 0 aliphatic heterocycles. The normalized spacial score (nSPS) is 20.5. The zero-order valence-corrected chi connectivity index (χ0v) is 15.5. The summed E-state index contributed by atoms with van der Waals surface area (Å²) in [6.07, 6.45) is -8.90. The Hall–Kier alpha value is -2.45. The summed E-state index contributed by atoms with van der Waals surface area (Å²) in [6, 6.07) is 6.00. The molecule has 1 fully saturated rings. The van der Waals surface area contributed by atoms with Crippen LogP contribution in [0.25, 0.3) is 10.8 Å². The van der Waals surface area contributed by atoms with Gasteiger partial charge in [0.05, 0.1) is 24.2 Å². The maximum absolute atomic E-state index is 13.8. The molecule has 3 rings (SSSR count). The predicted octanol–water partition coefficient (Wildman–Crippen LogP) is 6.18. The van der Waals surface area contributed by atoms with Crippen LogP contribution >= 0.6 is 0 Å². The molecule has 0 heterocycles. The summed E-state index contributed by atoms with van der Waals surface area (Å²) < 4.78 is 84.4. The maximum atomic E-state index is 13.8. The molecule has 2 aromatic rings. The van der Waals surface area contributed by atoms with Crippen molar-refractivity contribution in [1.82, 2.24) is 0 Å². The number of rotatable bonds is 3. The van der Waals surface area contributed by atoms with Gasteiger partial charge in [0.1, 0.15) is 0 Å². The lowest BCUT2D eigenvalue weighted by Gasteiger charge is -2.31. The van der Waals surface area contributed by atoms with Gasteiger partial charge in [-0.1, -0.05) is 12.1 Å². The van der Waals surface area contributed by atoms with Crippen molar-refractivity contribution in [2.24, 2.45) is 5.92 Å². The van der Waals surface area contributed by atoms with E-state index in [0.29, 0.717) is 0 Å². The van der Waals surface area contributed by atoms with Crippen molar-refractivity contribution in [3.63, 3.8) is 0 Å². The molecule has 9 heteroatoms. The second kappa shape index (κ2) is 7.76. The van der Waals surface area contributed by atoms with Crippen LogP contribution in [0.2, 0.25) is 0 Å². The lowest BCUT2D eigenvalue weighted by Crippen LogP contribution is -2.33. The minimum absolute atomic E-state index is 0.0980. The van der Waals surface area contributed by atoms with E-state index in [-0.39, 0.29) is 47.7 Å². The molecule has 158 valence electrons. The van der Waals surface area contributed by atoms with Crippen molar-refractivity contribution in [3.8, 4) is 0 Å². The fourth-order valence-corrected chi connectivity index (χ4v) is 3.79. The molecule has 3 nitrogen and oxygen atoms in total. The van der Waals surface area contributed by atoms with Crippen LogP contribution < -0.4 is 5.32 Å². The third-order valence-corrected chi connectivity index (χ3v) is 5.27. The van der Waals surface area contributed by atoms with E-state index in [9.17, 15) is 31.1 Å². The first-order chi connectivity index (χ1) is 13.5. The van der Waals surface area contributed by atoms with Crippen LogP contribution in [0, 0.1) is 5.92 Å². The number of hydrogen-bond donors (Lipinski definition) is 1. The average molecular weight is 419 g/mol. The molecular formula is C20H19F6NO2. The number of carbonyl (C=O) groups excluding carboxylic acids is 1. The van der Waals surface area contributed by atoms with Crippen LogP contribution in [0.15, 0.2) is 30.3 Å². The molecule has 29 heavy (non-hydrogen) atoms. The Kier molecular flexibility index (Phi) is 5.69. The summed E-state index contributed by atoms with van der Waals surface area (Å²) in [5.74, 6) is -2.07. The molecule has 0 saturated heterocycles. The number of ether oxygens (including phenoxy) is 1. The smallest absolute Gasteiger partial charge is 0.418 e. The Morgan fingerprint density at radius 1 is 1.00 bits per heavy atom. The molecule has 2 aromatic carbocycles. The molecule has 1 aliphatic rings. The molecule has 0 radical (unpaired) electrons. The van der Waals surface area contributed by atoms with Crippen molar-refractivity contribution in [2.75, 3.05) is 12.4 Å². The first kappa shape index (κ1) is 21.3. The van der Waals surface area contributed by atoms with E-state index in [4.69, 9.17) is 0 Å². The number of methoxy groups -OCH3 is 1. The van der Waals surface area contributed by atoms with E-state index >= 15 is 0 Å². The fraction of sp³-hybridized carbons (Fsp3) is 0.450. The molecule has 1 saturated carbocycles. The first-order valence-corrected chi connectivity index (χ1v) is 9.06. The molecule has 0 spiro atoms. The van der Waals surface area contributed by atoms with Gasteiger partial charge >= 0.3 is 18.3 Å². The van der Waals surface area contributed by atoms with Crippen LogP contribution in [-0.2, 0) is 10.9 Å². The van der Waals surface area contributed by atoms with Crippen molar-refractivity contribution >= 4 is 22.4 Å². The molecular weight excluding hydrogens is 400 g/mol. The molecule has 1 N–H and O–H groups in total. The van der Waals surface area contributed by atoms with Gasteiger partial charge in [0.2, 0.25) is 0 Å². The van der Waals surface area contributed by atoms with Crippen LogP contribution in [0.4, 0.5) is 32.0 Å². The van der Waals surface area contributed by atoms with Gasteiger partial charge in [-0.05, 0) is 54.7 Å². The molecule has 0 amide bonds. The predicted molar refractivity (Wildman–Crippen MR) is 95.7 cm³/mol. The van der Waals surface area contributed by atoms with E-state index in [1.54, 1.807) is 0 Å². The third kappa shape index (κ3) is 4.59. The van der Waals surface area contributed by atoms with Crippen molar-refractivity contribution in [1.29, 1.82) is 0 Å². The monoisotopic (exact) mass is 419 g/mol. The average Bonchev–Trinajstić information content (AvgIpc) is 2.65. The topological polar surface area (TPSA) is 38.3 Å².